The Kier molecular flexibility index (Phi) is 5.40. The summed E-state index contributed by atoms with van der Waals surface area (Å²) in [6.45, 7) is 3.60. The Balaban J connectivity index is 2.69. The number of unbranched alkanes of at least 4 members (excludes halogenated alkanes) is 2. The molecule has 7 heavy (non-hydrogen) atoms. The van der Waals surface area contributed by atoms with Crippen LogP contribution in [0, 0.1) is 6.92 Å². The van der Waals surface area contributed by atoms with Gasteiger partial charge in [-0.05, 0) is 12.8 Å². The molecule has 0 saturated heterocycles. The van der Waals surface area contributed by atoms with Gasteiger partial charge in [0.1, 0.15) is 0 Å². The Labute approximate surface area is 44.0 Å². The van der Waals surface area contributed by atoms with Crippen LogP contribution in [0.3, 0.4) is 0 Å². The fraction of sp³-hybridized carbons (Fsp3) is 0.500. The van der Waals surface area contributed by atoms with E-state index in [-0.39, 0.29) is 0 Å². The quantitative estimate of drug-likeness (QED) is 0.479. The number of allylic oxidation sites excluding steroid dienone is 1. The van der Waals surface area contributed by atoms with E-state index in [9.17, 15) is 4.39 Å². The van der Waals surface area contributed by atoms with Gasteiger partial charge in [0, 0.05) is 0 Å². The van der Waals surface area contributed by atoms with Crippen molar-refractivity contribution in [1.82, 2.24) is 0 Å². The van der Waals surface area contributed by atoms with Gasteiger partial charge in [0.2, 0.25) is 0 Å². The van der Waals surface area contributed by atoms with Gasteiger partial charge in [-0.1, -0.05) is 19.4 Å². The molecule has 1 heteroatoms. The standard InChI is InChI=1S/C6H10F/c1-2-3-4-5-6-7/h5-6H,1-4H2/b6-5+. The Bertz CT molecular complexity index is 48.1. The van der Waals surface area contributed by atoms with Crippen molar-refractivity contribution >= 4 is 0 Å². The van der Waals surface area contributed by atoms with E-state index in [1.165, 1.54) is 6.08 Å². The molecular formula is C6H10F. The predicted octanol–water partition coefficient (Wildman–Crippen LogP) is 2.47. The molecule has 0 aromatic carbocycles. The lowest BCUT2D eigenvalue weighted by Gasteiger charge is -1.82. The molecule has 0 bridgehead atoms. The average molecular weight is 101 g/mol. The fourth-order valence-corrected chi connectivity index (χ4v) is 0.325. The number of hydrogen-bond donors (Lipinski definition) is 0. The molecule has 0 aliphatic heterocycles. The van der Waals surface area contributed by atoms with E-state index in [1.54, 1.807) is 0 Å². The third-order valence-corrected chi connectivity index (χ3v) is 0.710. The van der Waals surface area contributed by atoms with Crippen molar-refractivity contribution in [3.8, 4) is 0 Å². The molecule has 0 aliphatic rings. The third-order valence-electron chi connectivity index (χ3n) is 0.710. The van der Waals surface area contributed by atoms with Crippen molar-refractivity contribution in [1.29, 1.82) is 0 Å². The van der Waals surface area contributed by atoms with E-state index < -0.39 is 0 Å². The Morgan fingerprint density at radius 1 is 1.57 bits per heavy atom. The average Bonchev–Trinajstić information content (AvgIpc) is 1.69. The molecule has 0 aliphatic carbocycles. The summed E-state index contributed by atoms with van der Waals surface area (Å²) >= 11 is 0. The monoisotopic (exact) mass is 101 g/mol. The number of rotatable bonds is 3. The molecule has 0 aromatic rings. The molecule has 1 radical (unpaired) electrons. The second-order valence-electron chi connectivity index (χ2n) is 1.36. The van der Waals surface area contributed by atoms with Crippen LogP contribution in [0.1, 0.15) is 19.3 Å². The van der Waals surface area contributed by atoms with Crippen LogP contribution in [0.5, 0.6) is 0 Å². The molecule has 0 N–H and O–H groups in total. The second kappa shape index (κ2) is 5.67. The summed E-state index contributed by atoms with van der Waals surface area (Å²) in [5.74, 6) is 0. The molecule has 0 aromatic heterocycles. The van der Waals surface area contributed by atoms with Gasteiger partial charge in [-0.15, -0.1) is 0 Å². The highest BCUT2D eigenvalue weighted by Crippen LogP contribution is 1.93. The summed E-state index contributed by atoms with van der Waals surface area (Å²) < 4.78 is 11.1. The van der Waals surface area contributed by atoms with Crippen LogP contribution < -0.4 is 0 Å². The normalized spacial score (nSPS) is 10.6. The van der Waals surface area contributed by atoms with Crippen molar-refractivity contribution in [3.05, 3.63) is 19.3 Å². The predicted molar refractivity (Wildman–Crippen MR) is 29.5 cm³/mol. The van der Waals surface area contributed by atoms with E-state index in [0.717, 1.165) is 19.3 Å². The molecule has 0 spiro atoms. The summed E-state index contributed by atoms with van der Waals surface area (Å²) in [6.07, 6.45) is 4.78. The van der Waals surface area contributed by atoms with Gasteiger partial charge in [0.05, 0.1) is 6.33 Å². The summed E-state index contributed by atoms with van der Waals surface area (Å²) in [5.41, 5.74) is 0. The van der Waals surface area contributed by atoms with Gasteiger partial charge in [0.15, 0.2) is 0 Å². The largest absolute Gasteiger partial charge is 0.216 e. The van der Waals surface area contributed by atoms with Gasteiger partial charge in [-0.3, -0.25) is 0 Å². The van der Waals surface area contributed by atoms with E-state index in [4.69, 9.17) is 0 Å². The van der Waals surface area contributed by atoms with E-state index in [0.29, 0.717) is 6.33 Å². The van der Waals surface area contributed by atoms with Crippen LogP contribution >= 0.6 is 0 Å². The minimum atomic E-state index is 0.579. The zero-order chi connectivity index (χ0) is 5.54. The van der Waals surface area contributed by atoms with Crippen molar-refractivity contribution in [2.24, 2.45) is 0 Å². The molecule has 0 unspecified atom stereocenters. The lowest BCUT2D eigenvalue weighted by Crippen LogP contribution is -1.63. The Morgan fingerprint density at radius 3 is 2.71 bits per heavy atom. The maximum absolute atomic E-state index is 11.1. The smallest absolute Gasteiger partial charge is 0.0827 e. The third kappa shape index (κ3) is 5.67. The topological polar surface area (TPSA) is 0 Å². The van der Waals surface area contributed by atoms with Gasteiger partial charge >= 0.3 is 0 Å². The van der Waals surface area contributed by atoms with Crippen LogP contribution in [-0.4, -0.2) is 0 Å². The molecule has 0 saturated carbocycles. The van der Waals surface area contributed by atoms with E-state index in [2.05, 4.69) is 6.92 Å². The van der Waals surface area contributed by atoms with Crippen LogP contribution in [0.4, 0.5) is 4.39 Å². The van der Waals surface area contributed by atoms with Crippen LogP contribution in [-0.2, 0) is 0 Å². The molecule has 0 amide bonds. The molecule has 0 heterocycles. The van der Waals surface area contributed by atoms with E-state index >= 15 is 0 Å². The fourth-order valence-electron chi connectivity index (χ4n) is 0.325. The van der Waals surface area contributed by atoms with Gasteiger partial charge in [-0.2, -0.15) is 0 Å². The first kappa shape index (κ1) is 6.67. The zero-order valence-corrected chi connectivity index (χ0v) is 4.36. The molecule has 0 rings (SSSR count). The highest BCUT2D eigenvalue weighted by Gasteiger charge is 1.74. The van der Waals surface area contributed by atoms with Gasteiger partial charge in [0.25, 0.3) is 0 Å². The zero-order valence-electron chi connectivity index (χ0n) is 4.36. The minimum absolute atomic E-state index is 0.579. The van der Waals surface area contributed by atoms with Gasteiger partial charge in [-0.25, -0.2) is 4.39 Å². The molecule has 0 atom stereocenters. The molecule has 0 nitrogen and oxygen atoms in total. The Hall–Kier alpha value is -0.330. The number of halogens is 1. The first-order valence-electron chi connectivity index (χ1n) is 2.46. The van der Waals surface area contributed by atoms with Crippen molar-refractivity contribution in [2.45, 2.75) is 19.3 Å². The van der Waals surface area contributed by atoms with Crippen molar-refractivity contribution in [3.63, 3.8) is 0 Å². The lowest BCUT2D eigenvalue weighted by atomic mass is 10.2. The molecule has 0 fully saturated rings. The van der Waals surface area contributed by atoms with Crippen LogP contribution in [0.2, 0.25) is 0 Å². The molecular weight excluding hydrogens is 91.1 g/mol. The second-order valence-corrected chi connectivity index (χ2v) is 1.36. The maximum atomic E-state index is 11.1. The van der Waals surface area contributed by atoms with Gasteiger partial charge < -0.3 is 0 Å². The minimum Gasteiger partial charge on any atom is -0.216 e. The first-order valence-corrected chi connectivity index (χ1v) is 2.46. The maximum Gasteiger partial charge on any atom is 0.0827 e. The Morgan fingerprint density at radius 2 is 2.29 bits per heavy atom. The first-order chi connectivity index (χ1) is 3.41. The van der Waals surface area contributed by atoms with Crippen molar-refractivity contribution in [2.75, 3.05) is 0 Å². The SMILES string of the molecule is [CH2]CCC/C=C/F. The summed E-state index contributed by atoms with van der Waals surface area (Å²) in [5, 5.41) is 0. The lowest BCUT2D eigenvalue weighted by molar-refractivity contribution is 0.709. The summed E-state index contributed by atoms with van der Waals surface area (Å²) in [6, 6.07) is 0. The number of hydrogen-bond acceptors (Lipinski definition) is 0. The highest BCUT2D eigenvalue weighted by atomic mass is 19.1. The van der Waals surface area contributed by atoms with Crippen molar-refractivity contribution < 1.29 is 4.39 Å². The highest BCUT2D eigenvalue weighted by molar-refractivity contribution is 4.71. The van der Waals surface area contributed by atoms with Crippen LogP contribution in [0.25, 0.3) is 0 Å². The molecule has 41 valence electrons. The van der Waals surface area contributed by atoms with E-state index in [1.807, 2.05) is 0 Å². The van der Waals surface area contributed by atoms with Crippen LogP contribution in [0.15, 0.2) is 12.4 Å². The summed E-state index contributed by atoms with van der Waals surface area (Å²) in [7, 11) is 0. The summed E-state index contributed by atoms with van der Waals surface area (Å²) in [4.78, 5) is 0.